The van der Waals surface area contributed by atoms with E-state index in [0.717, 1.165) is 0 Å². The van der Waals surface area contributed by atoms with E-state index in [1.54, 1.807) is 0 Å². The fraction of sp³-hybridized carbons (Fsp3) is 0.889. The molecule has 1 aliphatic heterocycles. The van der Waals surface area contributed by atoms with Crippen LogP contribution in [0.1, 0.15) is 13.3 Å². The zero-order valence-electron chi connectivity index (χ0n) is 8.90. The van der Waals surface area contributed by atoms with Crippen LogP contribution in [0, 0.1) is 5.41 Å². The number of hydrogen-bond acceptors (Lipinski definition) is 3. The molecule has 0 saturated carbocycles. The second kappa shape index (κ2) is 4.58. The molecular weight excluding hydrogens is 225 g/mol. The van der Waals surface area contributed by atoms with E-state index in [-0.39, 0.29) is 19.5 Å². The lowest BCUT2D eigenvalue weighted by Crippen LogP contribution is -2.53. The fourth-order valence-corrected chi connectivity index (χ4v) is 1.67. The summed E-state index contributed by atoms with van der Waals surface area (Å²) in [5, 5.41) is 13.6. The highest BCUT2D eigenvalue weighted by atomic mass is 19.4. The molecule has 0 aromatic carbocycles. The maximum Gasteiger partial charge on any atom is 0.404 e. The van der Waals surface area contributed by atoms with Crippen molar-refractivity contribution in [2.24, 2.45) is 5.41 Å². The first-order valence-electron chi connectivity index (χ1n) is 5.03. The lowest BCUT2D eigenvalue weighted by Gasteiger charge is -2.29. The molecule has 3 N–H and O–H groups in total. The molecule has 94 valence electrons. The summed E-state index contributed by atoms with van der Waals surface area (Å²) in [6.45, 7) is 0.994. The molecule has 2 atom stereocenters. The molecule has 1 aliphatic rings. The Morgan fingerprint density at radius 3 is 2.62 bits per heavy atom. The summed E-state index contributed by atoms with van der Waals surface area (Å²) in [6, 6.07) is 0. The minimum Gasteiger partial charge on any atom is -0.392 e. The van der Waals surface area contributed by atoms with Crippen molar-refractivity contribution >= 4 is 5.91 Å². The van der Waals surface area contributed by atoms with Gasteiger partial charge in [-0.25, -0.2) is 0 Å². The van der Waals surface area contributed by atoms with Crippen LogP contribution >= 0.6 is 0 Å². The Kier molecular flexibility index (Phi) is 3.80. The first-order valence-corrected chi connectivity index (χ1v) is 5.03. The van der Waals surface area contributed by atoms with Crippen molar-refractivity contribution in [3.05, 3.63) is 0 Å². The maximum absolute atomic E-state index is 12.8. The fourth-order valence-electron chi connectivity index (χ4n) is 1.67. The van der Waals surface area contributed by atoms with Gasteiger partial charge < -0.3 is 15.7 Å². The molecule has 0 spiro atoms. The van der Waals surface area contributed by atoms with Crippen LogP contribution in [0.25, 0.3) is 0 Å². The highest BCUT2D eigenvalue weighted by Crippen LogP contribution is 2.43. The van der Waals surface area contributed by atoms with Crippen molar-refractivity contribution < 1.29 is 23.1 Å². The van der Waals surface area contributed by atoms with E-state index < -0.39 is 30.1 Å². The molecule has 0 aromatic heterocycles. The molecule has 1 rings (SSSR count). The molecule has 16 heavy (non-hydrogen) atoms. The Labute approximate surface area is 91.2 Å². The lowest BCUT2D eigenvalue weighted by atomic mass is 9.85. The van der Waals surface area contributed by atoms with Crippen LogP contribution in [-0.4, -0.2) is 42.9 Å². The Balaban J connectivity index is 2.74. The van der Waals surface area contributed by atoms with Gasteiger partial charge in [0.25, 0.3) is 0 Å². The van der Waals surface area contributed by atoms with Gasteiger partial charge in [-0.3, -0.25) is 4.79 Å². The zero-order chi connectivity index (χ0) is 12.4. The largest absolute Gasteiger partial charge is 0.404 e. The first-order chi connectivity index (χ1) is 7.29. The van der Waals surface area contributed by atoms with E-state index in [1.807, 2.05) is 0 Å². The third-order valence-corrected chi connectivity index (χ3v) is 2.69. The molecule has 1 fully saturated rings. The SMILES string of the molecule is C[C@H](O)CNC(=O)C1(C(F)(F)F)CCNC1. The van der Waals surface area contributed by atoms with E-state index in [0.29, 0.717) is 0 Å². The van der Waals surface area contributed by atoms with E-state index in [1.165, 1.54) is 6.92 Å². The maximum atomic E-state index is 12.8. The summed E-state index contributed by atoms with van der Waals surface area (Å²) < 4.78 is 38.5. The second-order valence-electron chi connectivity index (χ2n) is 4.07. The van der Waals surface area contributed by atoms with Gasteiger partial charge in [-0.05, 0) is 19.9 Å². The number of carbonyl (C=O) groups is 1. The van der Waals surface area contributed by atoms with E-state index in [2.05, 4.69) is 10.6 Å². The third kappa shape index (κ3) is 2.46. The smallest absolute Gasteiger partial charge is 0.392 e. The monoisotopic (exact) mass is 240 g/mol. The second-order valence-corrected chi connectivity index (χ2v) is 4.07. The van der Waals surface area contributed by atoms with Gasteiger partial charge in [0.05, 0.1) is 6.10 Å². The van der Waals surface area contributed by atoms with Crippen molar-refractivity contribution in [1.82, 2.24) is 10.6 Å². The number of halogens is 3. The third-order valence-electron chi connectivity index (χ3n) is 2.69. The summed E-state index contributed by atoms with van der Waals surface area (Å²) in [6.07, 6.45) is -5.69. The van der Waals surface area contributed by atoms with Crippen molar-refractivity contribution in [3.63, 3.8) is 0 Å². The number of rotatable bonds is 3. The summed E-state index contributed by atoms with van der Waals surface area (Å²) in [5.74, 6) is -1.06. The van der Waals surface area contributed by atoms with Gasteiger partial charge in [-0.1, -0.05) is 0 Å². The van der Waals surface area contributed by atoms with E-state index >= 15 is 0 Å². The average Bonchev–Trinajstić information content (AvgIpc) is 2.62. The predicted octanol–water partition coefficient (Wildman–Crippen LogP) is 0.0254. The molecule has 0 radical (unpaired) electrons. The number of aliphatic hydroxyl groups excluding tert-OH is 1. The number of amides is 1. The normalized spacial score (nSPS) is 27.8. The van der Waals surface area contributed by atoms with Gasteiger partial charge in [0.2, 0.25) is 5.91 Å². The molecule has 7 heteroatoms. The number of alkyl halides is 3. The number of hydrogen-bond donors (Lipinski definition) is 3. The van der Waals surface area contributed by atoms with Gasteiger partial charge in [0.1, 0.15) is 0 Å². The lowest BCUT2D eigenvalue weighted by molar-refractivity contribution is -0.216. The van der Waals surface area contributed by atoms with Crippen LogP contribution in [0.15, 0.2) is 0 Å². The molecule has 0 aliphatic carbocycles. The number of carbonyl (C=O) groups excluding carboxylic acids is 1. The van der Waals surface area contributed by atoms with Crippen molar-refractivity contribution in [2.75, 3.05) is 19.6 Å². The molecule has 1 amide bonds. The number of nitrogens with one attached hydrogen (secondary N) is 2. The van der Waals surface area contributed by atoms with Gasteiger partial charge in [0.15, 0.2) is 5.41 Å². The Morgan fingerprint density at radius 1 is 1.62 bits per heavy atom. The highest BCUT2D eigenvalue weighted by molar-refractivity contribution is 5.84. The zero-order valence-corrected chi connectivity index (χ0v) is 8.90. The van der Waals surface area contributed by atoms with Gasteiger partial charge >= 0.3 is 6.18 Å². The van der Waals surface area contributed by atoms with Crippen molar-refractivity contribution in [3.8, 4) is 0 Å². The van der Waals surface area contributed by atoms with Crippen LogP contribution in [0.2, 0.25) is 0 Å². The number of aliphatic hydroxyl groups is 1. The quantitative estimate of drug-likeness (QED) is 0.652. The average molecular weight is 240 g/mol. The summed E-state index contributed by atoms with van der Waals surface area (Å²) in [4.78, 5) is 11.5. The summed E-state index contributed by atoms with van der Waals surface area (Å²) >= 11 is 0. The minimum atomic E-state index is -4.57. The molecule has 1 unspecified atom stereocenters. The Hall–Kier alpha value is -0.820. The predicted molar refractivity (Wildman–Crippen MR) is 50.7 cm³/mol. The standard InChI is InChI=1S/C9H15F3N2O2/c1-6(15)4-14-7(16)8(9(10,11)12)2-3-13-5-8/h6,13,15H,2-5H2,1H3,(H,14,16)/t6-,8?/m0/s1. The van der Waals surface area contributed by atoms with E-state index in [9.17, 15) is 18.0 Å². The van der Waals surface area contributed by atoms with E-state index in [4.69, 9.17) is 5.11 Å². The molecular formula is C9H15F3N2O2. The Bertz CT molecular complexity index is 260. The first kappa shape index (κ1) is 13.2. The van der Waals surface area contributed by atoms with Crippen LogP contribution in [0.3, 0.4) is 0 Å². The van der Waals surface area contributed by atoms with Gasteiger partial charge in [-0.15, -0.1) is 0 Å². The molecule has 0 bridgehead atoms. The highest BCUT2D eigenvalue weighted by Gasteiger charge is 2.61. The van der Waals surface area contributed by atoms with Crippen molar-refractivity contribution in [2.45, 2.75) is 25.6 Å². The van der Waals surface area contributed by atoms with Crippen molar-refractivity contribution in [1.29, 1.82) is 0 Å². The molecule has 0 aromatic rings. The van der Waals surface area contributed by atoms with Crippen LogP contribution < -0.4 is 10.6 Å². The van der Waals surface area contributed by atoms with Gasteiger partial charge in [-0.2, -0.15) is 13.2 Å². The van der Waals surface area contributed by atoms with Crippen LogP contribution in [0.4, 0.5) is 13.2 Å². The Morgan fingerprint density at radius 2 is 2.25 bits per heavy atom. The summed E-state index contributed by atoms with van der Waals surface area (Å²) in [5.41, 5.74) is -2.35. The molecule has 1 heterocycles. The van der Waals surface area contributed by atoms with Gasteiger partial charge in [0, 0.05) is 13.1 Å². The van der Waals surface area contributed by atoms with Crippen LogP contribution in [-0.2, 0) is 4.79 Å². The van der Waals surface area contributed by atoms with Crippen LogP contribution in [0.5, 0.6) is 0 Å². The molecule has 4 nitrogen and oxygen atoms in total. The topological polar surface area (TPSA) is 61.4 Å². The molecule has 1 saturated heterocycles. The summed E-state index contributed by atoms with van der Waals surface area (Å²) in [7, 11) is 0. The minimum absolute atomic E-state index is 0.168.